The molecule has 2 unspecified atom stereocenters. The Morgan fingerprint density at radius 1 is 1.17 bits per heavy atom. The molecule has 1 N–H and O–H groups in total. The third kappa shape index (κ3) is 1.60. The van der Waals surface area contributed by atoms with Gasteiger partial charge >= 0.3 is 5.97 Å². The molecule has 2 aromatic heterocycles. The molecule has 4 heterocycles. The highest BCUT2D eigenvalue weighted by Gasteiger charge is 2.45. The number of carboxylic acid groups (broad SMARTS) is 1. The van der Waals surface area contributed by atoms with Crippen molar-refractivity contribution in [3.63, 3.8) is 0 Å². The summed E-state index contributed by atoms with van der Waals surface area (Å²) in [4.78, 5) is 22.3. The Hall–Kier alpha value is -2.89. The molecule has 6 nitrogen and oxygen atoms in total. The van der Waals surface area contributed by atoms with Crippen molar-refractivity contribution in [2.75, 3.05) is 4.90 Å². The Labute approximate surface area is 132 Å². The van der Waals surface area contributed by atoms with Gasteiger partial charge < -0.3 is 10.0 Å². The number of nitrogens with zero attached hydrogens (tertiary/aromatic N) is 4. The van der Waals surface area contributed by atoms with Crippen LogP contribution in [0, 0.1) is 0 Å². The Morgan fingerprint density at radius 2 is 1.87 bits per heavy atom. The molecule has 6 heteroatoms. The number of aromatic carboxylic acids is 1. The Kier molecular flexibility index (Phi) is 2.37. The van der Waals surface area contributed by atoms with E-state index in [2.05, 4.69) is 39.1 Å². The first-order valence-electron chi connectivity index (χ1n) is 7.68. The van der Waals surface area contributed by atoms with E-state index in [1.54, 1.807) is 6.20 Å². The molecule has 2 atom stereocenters. The zero-order valence-corrected chi connectivity index (χ0v) is 12.3. The second kappa shape index (κ2) is 4.32. The SMILES string of the molecule is O=C(O)c1cc2nccn2c(N2C3CCC2c2ccccc23)n1. The van der Waals surface area contributed by atoms with Crippen LogP contribution in [-0.2, 0) is 0 Å². The van der Waals surface area contributed by atoms with E-state index in [1.807, 2.05) is 10.6 Å². The minimum absolute atomic E-state index is 0.0362. The molecular formula is C17H14N4O2. The molecule has 0 spiro atoms. The van der Waals surface area contributed by atoms with Crippen molar-refractivity contribution in [3.05, 3.63) is 59.5 Å². The first kappa shape index (κ1) is 12.6. The predicted octanol–water partition coefficient (Wildman–Crippen LogP) is 2.82. The fourth-order valence-corrected chi connectivity index (χ4v) is 4.02. The van der Waals surface area contributed by atoms with E-state index >= 15 is 0 Å². The number of rotatable bonds is 2. The maximum absolute atomic E-state index is 11.4. The fourth-order valence-electron chi connectivity index (χ4n) is 4.02. The lowest BCUT2D eigenvalue weighted by molar-refractivity contribution is 0.0690. The topological polar surface area (TPSA) is 70.7 Å². The van der Waals surface area contributed by atoms with Crippen LogP contribution in [0.25, 0.3) is 5.65 Å². The standard InChI is InChI=1S/C17H14N4O2/c22-16(23)12-9-15-18-7-8-20(15)17(19-12)21-13-5-6-14(21)11-4-2-1-3-10(11)13/h1-4,7-9,13-14H,5-6H2,(H,22,23). The number of hydrogen-bond acceptors (Lipinski definition) is 4. The monoisotopic (exact) mass is 306 g/mol. The van der Waals surface area contributed by atoms with E-state index in [4.69, 9.17) is 0 Å². The maximum Gasteiger partial charge on any atom is 0.354 e. The normalized spacial score (nSPS) is 21.8. The highest BCUT2D eigenvalue weighted by atomic mass is 16.4. The van der Waals surface area contributed by atoms with Crippen LogP contribution < -0.4 is 4.90 Å². The van der Waals surface area contributed by atoms with Gasteiger partial charge in [-0.3, -0.25) is 4.40 Å². The number of carboxylic acids is 1. The number of imidazole rings is 1. The first-order valence-corrected chi connectivity index (χ1v) is 7.68. The molecule has 1 fully saturated rings. The van der Waals surface area contributed by atoms with Gasteiger partial charge in [0.15, 0.2) is 5.69 Å². The lowest BCUT2D eigenvalue weighted by Crippen LogP contribution is -2.23. The number of aromatic nitrogens is 3. The lowest BCUT2D eigenvalue weighted by Gasteiger charge is -2.24. The highest BCUT2D eigenvalue weighted by Crippen LogP contribution is 2.54. The van der Waals surface area contributed by atoms with Crippen molar-refractivity contribution < 1.29 is 9.90 Å². The quantitative estimate of drug-likeness (QED) is 0.788. The predicted molar refractivity (Wildman–Crippen MR) is 83.6 cm³/mol. The molecule has 1 saturated heterocycles. The van der Waals surface area contributed by atoms with Gasteiger partial charge in [0.2, 0.25) is 5.95 Å². The number of benzene rings is 1. The number of fused-ring (bicyclic) bond motifs is 6. The molecule has 2 bridgehead atoms. The summed E-state index contributed by atoms with van der Waals surface area (Å²) in [5, 5.41) is 9.35. The molecule has 3 aromatic rings. The van der Waals surface area contributed by atoms with Gasteiger partial charge in [-0.2, -0.15) is 0 Å². The highest BCUT2D eigenvalue weighted by molar-refractivity contribution is 5.87. The van der Waals surface area contributed by atoms with Gasteiger partial charge in [-0.05, 0) is 24.0 Å². The van der Waals surface area contributed by atoms with Gasteiger partial charge in [0, 0.05) is 18.5 Å². The van der Waals surface area contributed by atoms with E-state index in [-0.39, 0.29) is 17.8 Å². The smallest absolute Gasteiger partial charge is 0.354 e. The zero-order chi connectivity index (χ0) is 15.6. The molecule has 0 saturated carbocycles. The number of carbonyl (C=O) groups is 1. The second-order valence-corrected chi connectivity index (χ2v) is 6.05. The van der Waals surface area contributed by atoms with Crippen LogP contribution in [0.15, 0.2) is 42.7 Å². The van der Waals surface area contributed by atoms with Crippen molar-refractivity contribution in [2.24, 2.45) is 0 Å². The van der Waals surface area contributed by atoms with Crippen molar-refractivity contribution >= 4 is 17.6 Å². The summed E-state index contributed by atoms with van der Waals surface area (Å²) in [6.45, 7) is 0. The van der Waals surface area contributed by atoms with Crippen LogP contribution in [0.4, 0.5) is 5.95 Å². The number of anilines is 1. The summed E-state index contributed by atoms with van der Waals surface area (Å²) >= 11 is 0. The average molecular weight is 306 g/mol. The molecular weight excluding hydrogens is 292 g/mol. The average Bonchev–Trinajstić information content (AvgIpc) is 3.27. The molecule has 114 valence electrons. The van der Waals surface area contributed by atoms with Crippen LogP contribution >= 0.6 is 0 Å². The van der Waals surface area contributed by atoms with Gasteiger partial charge in [-0.1, -0.05) is 24.3 Å². The second-order valence-electron chi connectivity index (χ2n) is 6.05. The first-order chi connectivity index (χ1) is 11.2. The summed E-state index contributed by atoms with van der Waals surface area (Å²) in [7, 11) is 0. The van der Waals surface area contributed by atoms with E-state index in [1.165, 1.54) is 17.2 Å². The summed E-state index contributed by atoms with van der Waals surface area (Å²) < 4.78 is 1.88. The van der Waals surface area contributed by atoms with E-state index in [0.717, 1.165) is 12.8 Å². The largest absolute Gasteiger partial charge is 0.477 e. The van der Waals surface area contributed by atoms with Gasteiger partial charge in [0.05, 0.1) is 12.1 Å². The summed E-state index contributed by atoms with van der Waals surface area (Å²) in [6, 6.07) is 10.5. The molecule has 2 aliphatic heterocycles. The lowest BCUT2D eigenvalue weighted by atomic mass is 9.92. The van der Waals surface area contributed by atoms with Crippen molar-refractivity contribution in [1.29, 1.82) is 0 Å². The Bertz CT molecular complexity index is 918. The third-order valence-electron chi connectivity index (χ3n) is 4.92. The van der Waals surface area contributed by atoms with Crippen molar-refractivity contribution in [2.45, 2.75) is 24.9 Å². The molecule has 0 aliphatic carbocycles. The minimum Gasteiger partial charge on any atom is -0.477 e. The molecule has 0 amide bonds. The molecule has 1 aromatic carbocycles. The number of hydrogen-bond donors (Lipinski definition) is 1. The van der Waals surface area contributed by atoms with Gasteiger partial charge in [0.1, 0.15) is 5.65 Å². The third-order valence-corrected chi connectivity index (χ3v) is 4.92. The van der Waals surface area contributed by atoms with Gasteiger partial charge in [0.25, 0.3) is 0 Å². The minimum atomic E-state index is -1.03. The molecule has 5 rings (SSSR count). The molecule has 23 heavy (non-hydrogen) atoms. The molecule has 0 radical (unpaired) electrons. The van der Waals surface area contributed by atoms with Crippen molar-refractivity contribution in [1.82, 2.24) is 14.4 Å². The summed E-state index contributed by atoms with van der Waals surface area (Å²) in [6.07, 6.45) is 5.65. The van der Waals surface area contributed by atoms with Crippen LogP contribution in [0.5, 0.6) is 0 Å². The Balaban J connectivity index is 1.73. The summed E-state index contributed by atoms with van der Waals surface area (Å²) in [5.41, 5.74) is 3.32. The molecule has 2 aliphatic rings. The van der Waals surface area contributed by atoms with E-state index in [0.29, 0.717) is 11.6 Å². The maximum atomic E-state index is 11.4. The Morgan fingerprint density at radius 3 is 2.52 bits per heavy atom. The van der Waals surface area contributed by atoms with E-state index in [9.17, 15) is 9.90 Å². The fraction of sp³-hybridized carbons (Fsp3) is 0.235. The van der Waals surface area contributed by atoms with Crippen LogP contribution in [0.3, 0.4) is 0 Å². The van der Waals surface area contributed by atoms with Gasteiger partial charge in [-0.25, -0.2) is 14.8 Å². The zero-order valence-electron chi connectivity index (χ0n) is 12.3. The van der Waals surface area contributed by atoms with Crippen LogP contribution in [0.2, 0.25) is 0 Å². The van der Waals surface area contributed by atoms with Crippen molar-refractivity contribution in [3.8, 4) is 0 Å². The van der Waals surface area contributed by atoms with E-state index < -0.39 is 5.97 Å². The van der Waals surface area contributed by atoms with Crippen LogP contribution in [-0.4, -0.2) is 25.4 Å². The van der Waals surface area contributed by atoms with Gasteiger partial charge in [-0.15, -0.1) is 0 Å². The van der Waals surface area contributed by atoms with Crippen LogP contribution in [0.1, 0.15) is 46.5 Å². The summed E-state index contributed by atoms with van der Waals surface area (Å²) in [5.74, 6) is -0.359.